The first-order valence-corrected chi connectivity index (χ1v) is 17.5. The highest BCUT2D eigenvalue weighted by Gasteiger charge is 2.81. The third kappa shape index (κ3) is 4.06. The smallest absolute Gasteiger partial charge is 0.410 e. The molecular formula is C35H56N2O5. The van der Waals surface area contributed by atoms with Crippen molar-refractivity contribution < 1.29 is 23.8 Å². The van der Waals surface area contributed by atoms with E-state index in [4.69, 9.17) is 14.2 Å². The third-order valence-electron chi connectivity index (χ3n) is 14.5. The van der Waals surface area contributed by atoms with Gasteiger partial charge in [-0.3, -0.25) is 0 Å². The molecule has 7 aliphatic rings. The summed E-state index contributed by atoms with van der Waals surface area (Å²) in [5, 5.41) is 2.81. The summed E-state index contributed by atoms with van der Waals surface area (Å²) in [5.74, 6) is 3.02. The van der Waals surface area contributed by atoms with Gasteiger partial charge in [-0.25, -0.2) is 9.59 Å². The maximum Gasteiger partial charge on any atom is 0.410 e. The zero-order valence-electron chi connectivity index (χ0n) is 27.1. The minimum absolute atomic E-state index is 0.00961. The molecule has 7 nitrogen and oxygen atoms in total. The molecule has 7 fully saturated rings. The Kier molecular flexibility index (Phi) is 6.96. The highest BCUT2D eigenvalue weighted by molar-refractivity contribution is 5.68. The number of nitrogens with zero attached hydrogens (tertiary/aromatic N) is 1. The standard InChI is InChI=1S/C35H56N2O5/c1-7-36-30(38)42-29(21(2)3)25-11-9-23-26(40-25)19-24-22-10-12-27-32(4,5)28(41-31(39)37-17-8-18-37)13-14-35(27)20-34(22,35)16-15-33(23,24)6/h21-29H,7-20H2,1-6H3,(H,36,38)/t22?,23-,24?,25?,26?,27-,28-,29+,33+,34-,35+/m0/s1. The van der Waals surface area contributed by atoms with Gasteiger partial charge in [-0.05, 0) is 123 Å². The highest BCUT2D eigenvalue weighted by atomic mass is 16.6. The summed E-state index contributed by atoms with van der Waals surface area (Å²) >= 11 is 0. The fourth-order valence-corrected chi connectivity index (χ4v) is 12.3. The number of nitrogens with one attached hydrogen (secondary N) is 1. The molecule has 1 N–H and O–H groups in total. The molecule has 2 aliphatic heterocycles. The van der Waals surface area contributed by atoms with Crippen LogP contribution in [-0.2, 0) is 14.2 Å². The Labute approximate surface area is 253 Å². The number of hydrogen-bond donors (Lipinski definition) is 1. The molecule has 2 spiro atoms. The van der Waals surface area contributed by atoms with E-state index in [-0.39, 0.29) is 47.9 Å². The van der Waals surface area contributed by atoms with Crippen molar-refractivity contribution in [2.75, 3.05) is 19.6 Å². The first-order chi connectivity index (χ1) is 20.0. The van der Waals surface area contributed by atoms with Crippen LogP contribution in [-0.4, -0.2) is 61.1 Å². The molecule has 2 heterocycles. The van der Waals surface area contributed by atoms with Crippen LogP contribution in [0.3, 0.4) is 0 Å². The van der Waals surface area contributed by atoms with Crippen molar-refractivity contribution in [3.05, 3.63) is 0 Å². The number of amides is 2. The molecule has 0 bridgehead atoms. The van der Waals surface area contributed by atoms with Gasteiger partial charge in [-0.2, -0.15) is 0 Å². The number of fused-ring (bicyclic) bond motifs is 4. The maximum atomic E-state index is 12.8. The predicted molar refractivity (Wildman–Crippen MR) is 161 cm³/mol. The van der Waals surface area contributed by atoms with Crippen molar-refractivity contribution in [2.45, 2.75) is 137 Å². The number of hydrogen-bond acceptors (Lipinski definition) is 5. The van der Waals surface area contributed by atoms with Gasteiger partial charge in [0.15, 0.2) is 0 Å². The molecule has 0 aromatic carbocycles. The fourth-order valence-electron chi connectivity index (χ4n) is 12.3. The van der Waals surface area contributed by atoms with Gasteiger partial charge in [0.25, 0.3) is 0 Å². The van der Waals surface area contributed by atoms with Crippen molar-refractivity contribution in [1.29, 1.82) is 0 Å². The summed E-state index contributed by atoms with van der Waals surface area (Å²) in [6.45, 7) is 15.9. The molecule has 7 rings (SSSR count). The second kappa shape index (κ2) is 10.0. The number of carbonyl (C=O) groups is 2. The minimum atomic E-state index is -0.320. The fraction of sp³-hybridized carbons (Fsp3) is 0.943. The van der Waals surface area contributed by atoms with E-state index in [1.165, 1.54) is 51.4 Å². The zero-order valence-corrected chi connectivity index (χ0v) is 27.1. The number of likely N-dealkylation sites (tertiary alicyclic amines) is 1. The lowest BCUT2D eigenvalue weighted by Gasteiger charge is -2.59. The van der Waals surface area contributed by atoms with Gasteiger partial charge in [0, 0.05) is 25.0 Å². The summed E-state index contributed by atoms with van der Waals surface area (Å²) in [4.78, 5) is 27.0. The van der Waals surface area contributed by atoms with Gasteiger partial charge in [0.05, 0.1) is 12.2 Å². The molecule has 0 radical (unpaired) electrons. The van der Waals surface area contributed by atoms with E-state index in [9.17, 15) is 9.59 Å². The van der Waals surface area contributed by atoms with Crippen LogP contribution in [0.15, 0.2) is 0 Å². The van der Waals surface area contributed by atoms with Crippen molar-refractivity contribution >= 4 is 12.2 Å². The van der Waals surface area contributed by atoms with Crippen molar-refractivity contribution in [1.82, 2.24) is 10.2 Å². The average Bonchev–Trinajstić information content (AvgIpc) is 3.48. The van der Waals surface area contributed by atoms with E-state index in [1.807, 2.05) is 11.8 Å². The highest BCUT2D eigenvalue weighted by Crippen LogP contribution is 2.87. The monoisotopic (exact) mass is 584 g/mol. The van der Waals surface area contributed by atoms with E-state index < -0.39 is 0 Å². The molecule has 7 heteroatoms. The lowest BCUT2D eigenvalue weighted by Crippen LogP contribution is -2.56. The van der Waals surface area contributed by atoms with Gasteiger partial charge >= 0.3 is 12.2 Å². The van der Waals surface area contributed by atoms with Gasteiger partial charge in [-0.1, -0.05) is 34.6 Å². The van der Waals surface area contributed by atoms with Crippen molar-refractivity contribution in [3.63, 3.8) is 0 Å². The van der Waals surface area contributed by atoms with Gasteiger partial charge in [-0.15, -0.1) is 0 Å². The van der Waals surface area contributed by atoms with Crippen LogP contribution >= 0.6 is 0 Å². The Balaban J connectivity index is 1.06. The molecule has 4 unspecified atom stereocenters. The molecule has 11 atom stereocenters. The number of rotatable bonds is 5. The number of carbonyl (C=O) groups excluding carboxylic acids is 2. The molecule has 2 amide bonds. The molecule has 0 aromatic rings. The first kappa shape index (κ1) is 29.2. The van der Waals surface area contributed by atoms with Crippen LogP contribution in [0, 0.1) is 51.2 Å². The predicted octanol–water partition coefficient (Wildman–Crippen LogP) is 7.17. The Morgan fingerprint density at radius 2 is 1.71 bits per heavy atom. The van der Waals surface area contributed by atoms with Gasteiger partial charge in [0.1, 0.15) is 12.2 Å². The summed E-state index contributed by atoms with van der Waals surface area (Å²) in [7, 11) is 0. The van der Waals surface area contributed by atoms with Crippen LogP contribution in [0.2, 0.25) is 0 Å². The summed E-state index contributed by atoms with van der Waals surface area (Å²) in [6.07, 6.45) is 13.1. The van der Waals surface area contributed by atoms with E-state index in [1.54, 1.807) is 0 Å². The normalized spacial score (nSPS) is 47.0. The largest absolute Gasteiger partial charge is 0.446 e. The molecule has 5 aliphatic carbocycles. The van der Waals surface area contributed by atoms with E-state index >= 15 is 0 Å². The molecule has 0 aromatic heterocycles. The van der Waals surface area contributed by atoms with Crippen LogP contribution in [0.5, 0.6) is 0 Å². The average molecular weight is 585 g/mol. The molecule has 2 saturated heterocycles. The van der Waals surface area contributed by atoms with Crippen molar-refractivity contribution in [2.24, 2.45) is 51.2 Å². The summed E-state index contributed by atoms with van der Waals surface area (Å²) in [5.41, 5.74) is 1.32. The Bertz CT molecular complexity index is 1090. The maximum absolute atomic E-state index is 12.8. The lowest BCUT2D eigenvalue weighted by molar-refractivity contribution is -0.149. The van der Waals surface area contributed by atoms with Crippen LogP contribution in [0.25, 0.3) is 0 Å². The van der Waals surface area contributed by atoms with Crippen LogP contribution in [0.4, 0.5) is 9.59 Å². The number of ether oxygens (including phenoxy) is 3. The SMILES string of the molecule is CCNC(=O)O[C@H](C(C)C)C1CC[C@H]2C(CC3C4CC[C@H]5C(C)(C)[C@@H](OC(=O)N6CCC6)CC[C@@]56C[C@@]46CC[C@@]32C)O1. The van der Waals surface area contributed by atoms with Crippen LogP contribution in [0.1, 0.15) is 112 Å². The second-order valence-corrected chi connectivity index (χ2v) is 16.7. The third-order valence-corrected chi connectivity index (χ3v) is 14.5. The first-order valence-electron chi connectivity index (χ1n) is 17.5. The van der Waals surface area contributed by atoms with Gasteiger partial charge < -0.3 is 24.4 Å². The topological polar surface area (TPSA) is 77.1 Å². The Morgan fingerprint density at radius 1 is 0.952 bits per heavy atom. The number of alkyl carbamates (subject to hydrolysis) is 1. The minimum Gasteiger partial charge on any atom is -0.446 e. The van der Waals surface area contributed by atoms with E-state index in [0.717, 1.165) is 44.2 Å². The Morgan fingerprint density at radius 3 is 2.40 bits per heavy atom. The summed E-state index contributed by atoms with van der Waals surface area (Å²) < 4.78 is 19.1. The second-order valence-electron chi connectivity index (χ2n) is 16.7. The van der Waals surface area contributed by atoms with E-state index in [0.29, 0.717) is 34.6 Å². The quantitative estimate of drug-likeness (QED) is 0.371. The zero-order chi connectivity index (χ0) is 29.7. The molecule has 236 valence electrons. The molecule has 42 heavy (non-hydrogen) atoms. The lowest BCUT2D eigenvalue weighted by atomic mass is 9.46. The summed E-state index contributed by atoms with van der Waals surface area (Å²) in [6, 6.07) is 0. The van der Waals surface area contributed by atoms with Crippen molar-refractivity contribution in [3.8, 4) is 0 Å². The molecular weight excluding hydrogens is 528 g/mol. The van der Waals surface area contributed by atoms with E-state index in [2.05, 4.69) is 39.9 Å². The Hall–Kier alpha value is -1.50. The van der Waals surface area contributed by atoms with Crippen LogP contribution < -0.4 is 5.32 Å². The molecule has 5 saturated carbocycles. The van der Waals surface area contributed by atoms with Gasteiger partial charge in [0.2, 0.25) is 0 Å².